The van der Waals surface area contributed by atoms with Crippen LogP contribution in [0, 0.1) is 0 Å². The summed E-state index contributed by atoms with van der Waals surface area (Å²) in [5.41, 5.74) is 9.52. The Kier molecular flexibility index (Phi) is 3.69. The first kappa shape index (κ1) is 14.1. The van der Waals surface area contributed by atoms with E-state index in [1.54, 1.807) is 17.1 Å². The summed E-state index contributed by atoms with van der Waals surface area (Å²) < 4.78 is 2.57. The Morgan fingerprint density at radius 1 is 1.29 bits per heavy atom. The van der Waals surface area contributed by atoms with Gasteiger partial charge in [-0.15, -0.1) is 0 Å². The van der Waals surface area contributed by atoms with Gasteiger partial charge in [-0.05, 0) is 18.2 Å². The number of halogens is 2. The zero-order valence-corrected chi connectivity index (χ0v) is 13.6. The minimum absolute atomic E-state index is 0.581. The van der Waals surface area contributed by atoms with E-state index in [9.17, 15) is 0 Å². The van der Waals surface area contributed by atoms with E-state index in [0.29, 0.717) is 10.8 Å². The number of aromatic nitrogens is 3. The molecule has 0 amide bonds. The molecular weight excluding hydrogens is 352 g/mol. The second-order valence-electron chi connectivity index (χ2n) is 4.60. The van der Waals surface area contributed by atoms with E-state index in [-0.39, 0.29) is 0 Å². The van der Waals surface area contributed by atoms with Gasteiger partial charge in [-0.2, -0.15) is 5.10 Å². The van der Waals surface area contributed by atoms with Crippen LogP contribution in [-0.2, 0) is 7.05 Å². The van der Waals surface area contributed by atoms with Gasteiger partial charge >= 0.3 is 0 Å². The molecule has 0 radical (unpaired) electrons. The maximum Gasteiger partial charge on any atom is 0.129 e. The Morgan fingerprint density at radius 2 is 2.10 bits per heavy atom. The number of nitrogens with two attached hydrogens (primary N) is 1. The molecule has 106 valence electrons. The van der Waals surface area contributed by atoms with Crippen LogP contribution in [0.1, 0.15) is 0 Å². The van der Waals surface area contributed by atoms with Crippen molar-refractivity contribution >= 4 is 33.3 Å². The number of hydrogen-bond donors (Lipinski definition) is 1. The molecule has 1 aromatic carbocycles. The first-order valence-corrected chi connectivity index (χ1v) is 7.43. The van der Waals surface area contributed by atoms with Crippen LogP contribution >= 0.6 is 27.5 Å². The van der Waals surface area contributed by atoms with Crippen molar-refractivity contribution in [3.63, 3.8) is 0 Å². The number of anilines is 1. The minimum Gasteiger partial charge on any atom is -0.383 e. The van der Waals surface area contributed by atoms with E-state index < -0.39 is 0 Å². The molecule has 0 bridgehead atoms. The van der Waals surface area contributed by atoms with Crippen molar-refractivity contribution in [3.8, 4) is 22.4 Å². The van der Waals surface area contributed by atoms with Crippen LogP contribution in [-0.4, -0.2) is 14.8 Å². The van der Waals surface area contributed by atoms with Crippen LogP contribution in [0.3, 0.4) is 0 Å². The van der Waals surface area contributed by atoms with E-state index in [4.69, 9.17) is 17.3 Å². The molecule has 2 N–H and O–H groups in total. The van der Waals surface area contributed by atoms with Crippen molar-refractivity contribution in [1.82, 2.24) is 14.8 Å². The molecule has 0 atom stereocenters. The molecule has 0 saturated heterocycles. The fourth-order valence-electron chi connectivity index (χ4n) is 2.20. The number of hydrogen-bond acceptors (Lipinski definition) is 3. The highest BCUT2D eigenvalue weighted by Crippen LogP contribution is 2.39. The summed E-state index contributed by atoms with van der Waals surface area (Å²) >= 11 is 9.76. The Hall–Kier alpha value is -1.85. The van der Waals surface area contributed by atoms with E-state index in [1.165, 1.54) is 0 Å². The van der Waals surface area contributed by atoms with Gasteiger partial charge in [0.25, 0.3) is 0 Å². The Bertz CT molecular complexity index is 799. The minimum atomic E-state index is 0.581. The average Bonchev–Trinajstić information content (AvgIpc) is 2.75. The van der Waals surface area contributed by atoms with Gasteiger partial charge in [0.15, 0.2) is 0 Å². The molecule has 0 saturated carbocycles. The molecule has 21 heavy (non-hydrogen) atoms. The summed E-state index contributed by atoms with van der Waals surface area (Å²) in [7, 11) is 1.81. The fourth-order valence-corrected chi connectivity index (χ4v) is 2.97. The van der Waals surface area contributed by atoms with Gasteiger partial charge in [0, 0.05) is 35.0 Å². The summed E-state index contributed by atoms with van der Waals surface area (Å²) in [6.45, 7) is 0. The van der Waals surface area contributed by atoms with Gasteiger partial charge in [-0.25, -0.2) is 0 Å². The van der Waals surface area contributed by atoms with E-state index in [1.807, 2.05) is 37.4 Å². The van der Waals surface area contributed by atoms with Crippen LogP contribution < -0.4 is 5.73 Å². The van der Waals surface area contributed by atoms with Gasteiger partial charge in [0.1, 0.15) is 11.5 Å². The van der Waals surface area contributed by atoms with Gasteiger partial charge in [0.2, 0.25) is 0 Å². The van der Waals surface area contributed by atoms with Crippen LogP contribution in [0.5, 0.6) is 0 Å². The van der Waals surface area contributed by atoms with Crippen molar-refractivity contribution in [2.45, 2.75) is 0 Å². The molecule has 6 heteroatoms. The van der Waals surface area contributed by atoms with Crippen LogP contribution in [0.15, 0.2) is 47.2 Å². The van der Waals surface area contributed by atoms with Crippen molar-refractivity contribution in [2.75, 3.05) is 5.73 Å². The SMILES string of the molecule is Cn1nc(-c2ccc(Br)cc2Cl)c(-c2cccnc2)c1N. The second kappa shape index (κ2) is 5.50. The number of pyridine rings is 1. The predicted molar refractivity (Wildman–Crippen MR) is 89.0 cm³/mol. The summed E-state index contributed by atoms with van der Waals surface area (Å²) in [5, 5.41) is 5.13. The zero-order valence-electron chi connectivity index (χ0n) is 11.2. The third kappa shape index (κ3) is 2.54. The molecule has 0 spiro atoms. The maximum atomic E-state index is 6.35. The first-order chi connectivity index (χ1) is 10.1. The number of nitrogens with zero attached hydrogens (tertiary/aromatic N) is 3. The highest BCUT2D eigenvalue weighted by molar-refractivity contribution is 9.10. The van der Waals surface area contributed by atoms with Gasteiger partial charge < -0.3 is 5.73 Å². The van der Waals surface area contributed by atoms with Gasteiger partial charge in [-0.1, -0.05) is 39.7 Å². The molecular formula is C15H12BrClN4. The Morgan fingerprint density at radius 3 is 2.76 bits per heavy atom. The average molecular weight is 364 g/mol. The molecule has 0 aliphatic rings. The lowest BCUT2D eigenvalue weighted by atomic mass is 10.0. The molecule has 4 nitrogen and oxygen atoms in total. The summed E-state index contributed by atoms with van der Waals surface area (Å²) in [4.78, 5) is 4.15. The van der Waals surface area contributed by atoms with E-state index in [0.717, 1.165) is 26.9 Å². The largest absolute Gasteiger partial charge is 0.383 e. The Balaban J connectivity index is 2.27. The molecule has 3 aromatic rings. The van der Waals surface area contributed by atoms with Crippen molar-refractivity contribution in [2.24, 2.45) is 7.05 Å². The first-order valence-electron chi connectivity index (χ1n) is 6.26. The number of benzene rings is 1. The summed E-state index contributed by atoms with van der Waals surface area (Å²) in [6, 6.07) is 9.52. The highest BCUT2D eigenvalue weighted by atomic mass is 79.9. The van der Waals surface area contributed by atoms with Gasteiger partial charge in [-0.3, -0.25) is 9.67 Å². The second-order valence-corrected chi connectivity index (χ2v) is 5.92. The van der Waals surface area contributed by atoms with E-state index in [2.05, 4.69) is 26.0 Å². The number of aryl methyl sites for hydroxylation is 1. The summed E-state index contributed by atoms with van der Waals surface area (Å²) in [6.07, 6.45) is 3.49. The smallest absolute Gasteiger partial charge is 0.129 e. The quantitative estimate of drug-likeness (QED) is 0.744. The fraction of sp³-hybridized carbons (Fsp3) is 0.0667. The summed E-state index contributed by atoms with van der Waals surface area (Å²) in [5.74, 6) is 0.581. The lowest BCUT2D eigenvalue weighted by Gasteiger charge is -2.06. The monoisotopic (exact) mass is 362 g/mol. The molecule has 0 fully saturated rings. The van der Waals surface area contributed by atoms with E-state index >= 15 is 0 Å². The molecule has 0 unspecified atom stereocenters. The molecule has 0 aliphatic carbocycles. The highest BCUT2D eigenvalue weighted by Gasteiger charge is 2.19. The number of nitrogen functional groups attached to an aromatic ring is 1. The lowest BCUT2D eigenvalue weighted by molar-refractivity contribution is 0.782. The topological polar surface area (TPSA) is 56.7 Å². The Labute approximate surface area is 135 Å². The van der Waals surface area contributed by atoms with Crippen LogP contribution in [0.4, 0.5) is 5.82 Å². The molecule has 0 aliphatic heterocycles. The van der Waals surface area contributed by atoms with Crippen LogP contribution in [0.2, 0.25) is 5.02 Å². The van der Waals surface area contributed by atoms with Crippen molar-refractivity contribution < 1.29 is 0 Å². The van der Waals surface area contributed by atoms with Gasteiger partial charge in [0.05, 0.1) is 10.6 Å². The standard InChI is InChI=1S/C15H12BrClN4/c1-21-15(18)13(9-3-2-6-19-8-9)14(20-21)11-5-4-10(16)7-12(11)17/h2-8H,18H2,1H3. The van der Waals surface area contributed by atoms with Crippen molar-refractivity contribution in [1.29, 1.82) is 0 Å². The molecule has 2 heterocycles. The number of rotatable bonds is 2. The maximum absolute atomic E-state index is 6.35. The zero-order chi connectivity index (χ0) is 15.0. The third-order valence-electron chi connectivity index (χ3n) is 3.23. The lowest BCUT2D eigenvalue weighted by Crippen LogP contribution is -1.98. The normalized spacial score (nSPS) is 10.8. The predicted octanol–water partition coefficient (Wildman–Crippen LogP) is 4.15. The van der Waals surface area contributed by atoms with Crippen molar-refractivity contribution in [3.05, 3.63) is 52.2 Å². The molecule has 2 aromatic heterocycles. The molecule has 3 rings (SSSR count). The third-order valence-corrected chi connectivity index (χ3v) is 4.03. The van der Waals surface area contributed by atoms with Crippen LogP contribution in [0.25, 0.3) is 22.4 Å².